The van der Waals surface area contributed by atoms with Gasteiger partial charge in [-0.2, -0.15) is 5.26 Å². The van der Waals surface area contributed by atoms with Gasteiger partial charge in [0.25, 0.3) is 5.69 Å². The molecular formula is C17H11N3O4. The molecule has 0 atom stereocenters. The smallest absolute Gasteiger partial charge is 0.409 e. The minimum Gasteiger partial charge on any atom is -0.465 e. The van der Waals surface area contributed by atoms with Gasteiger partial charge in [0, 0.05) is 17.2 Å². The van der Waals surface area contributed by atoms with E-state index in [1.165, 1.54) is 12.1 Å². The van der Waals surface area contributed by atoms with Crippen LogP contribution in [0.3, 0.4) is 0 Å². The molecule has 0 saturated heterocycles. The predicted molar refractivity (Wildman–Crippen MR) is 86.5 cm³/mol. The Hall–Kier alpha value is -3.84. The highest BCUT2D eigenvalue weighted by Gasteiger charge is 2.19. The number of carbonyl (C=O) groups is 1. The Kier molecular flexibility index (Phi) is 5.12. The summed E-state index contributed by atoms with van der Waals surface area (Å²) in [6, 6.07) is 13.4. The number of benzene rings is 2. The minimum atomic E-state index is -1.43. The van der Waals surface area contributed by atoms with E-state index in [0.29, 0.717) is 11.1 Å². The van der Waals surface area contributed by atoms with Crippen LogP contribution in [0, 0.1) is 33.3 Å². The summed E-state index contributed by atoms with van der Waals surface area (Å²) < 4.78 is 0. The van der Waals surface area contributed by atoms with Gasteiger partial charge in [0.2, 0.25) is 0 Å². The van der Waals surface area contributed by atoms with Crippen LogP contribution in [0.4, 0.5) is 16.2 Å². The average molecular weight is 321 g/mol. The van der Waals surface area contributed by atoms with Crippen molar-refractivity contribution in [2.24, 2.45) is 0 Å². The molecule has 2 aromatic rings. The summed E-state index contributed by atoms with van der Waals surface area (Å²) in [5.74, 6) is 5.68. The molecule has 7 nitrogen and oxygen atoms in total. The molecule has 0 saturated carbocycles. The molecule has 0 spiro atoms. The van der Waals surface area contributed by atoms with Crippen molar-refractivity contribution in [3.63, 3.8) is 0 Å². The highest BCUT2D eigenvalue weighted by molar-refractivity contribution is 5.87. The van der Waals surface area contributed by atoms with E-state index in [4.69, 9.17) is 10.4 Å². The van der Waals surface area contributed by atoms with Crippen molar-refractivity contribution in [3.05, 3.63) is 69.3 Å². The summed E-state index contributed by atoms with van der Waals surface area (Å²) in [4.78, 5) is 21.2. The molecule has 24 heavy (non-hydrogen) atoms. The molecule has 0 aliphatic heterocycles. The van der Waals surface area contributed by atoms with Crippen molar-refractivity contribution in [2.45, 2.75) is 6.42 Å². The summed E-state index contributed by atoms with van der Waals surface area (Å²) in [6.07, 6.45) is -1.48. The molecule has 0 fully saturated rings. The van der Waals surface area contributed by atoms with Crippen molar-refractivity contribution < 1.29 is 14.8 Å². The molecule has 118 valence electrons. The minimum absolute atomic E-state index is 0.0505. The second kappa shape index (κ2) is 7.43. The third-order valence-corrected chi connectivity index (χ3v) is 3.04. The zero-order chi connectivity index (χ0) is 17.5. The van der Waals surface area contributed by atoms with Crippen LogP contribution >= 0.6 is 0 Å². The van der Waals surface area contributed by atoms with Gasteiger partial charge >= 0.3 is 6.09 Å². The fourth-order valence-electron chi connectivity index (χ4n) is 2.01. The maximum absolute atomic E-state index is 11.2. The number of nitro benzene ring substituents is 1. The molecule has 1 amide bonds. The van der Waals surface area contributed by atoms with Crippen LogP contribution in [0.15, 0.2) is 42.5 Å². The normalized spacial score (nSPS) is 9.29. The average Bonchev–Trinajstić information content (AvgIpc) is 2.54. The molecule has 0 radical (unpaired) electrons. The van der Waals surface area contributed by atoms with Gasteiger partial charge in [-0.15, -0.1) is 0 Å². The van der Waals surface area contributed by atoms with Crippen LogP contribution in [0.2, 0.25) is 0 Å². The largest absolute Gasteiger partial charge is 0.465 e. The van der Waals surface area contributed by atoms with Crippen molar-refractivity contribution in [1.82, 2.24) is 0 Å². The van der Waals surface area contributed by atoms with Gasteiger partial charge in [-0.05, 0) is 23.8 Å². The molecule has 0 bridgehead atoms. The quantitative estimate of drug-likeness (QED) is 0.511. The molecule has 2 rings (SSSR count). The first-order valence-corrected chi connectivity index (χ1v) is 6.76. The van der Waals surface area contributed by atoms with Crippen molar-refractivity contribution in [2.75, 3.05) is 5.32 Å². The summed E-state index contributed by atoms with van der Waals surface area (Å²) >= 11 is 0. The van der Waals surface area contributed by atoms with Gasteiger partial charge in [0.1, 0.15) is 5.69 Å². The SMILES string of the molecule is N#CCc1cc(NC(=O)O)c([N+](=O)[O-])cc1C#Cc1ccccc1. The first-order chi connectivity index (χ1) is 11.5. The van der Waals surface area contributed by atoms with Crippen molar-refractivity contribution in [1.29, 1.82) is 5.26 Å². The van der Waals surface area contributed by atoms with Crippen molar-refractivity contribution >= 4 is 17.5 Å². The van der Waals surface area contributed by atoms with E-state index in [0.717, 1.165) is 5.56 Å². The van der Waals surface area contributed by atoms with E-state index in [1.807, 2.05) is 29.6 Å². The number of anilines is 1. The van der Waals surface area contributed by atoms with Crippen LogP contribution in [-0.2, 0) is 6.42 Å². The highest BCUT2D eigenvalue weighted by Crippen LogP contribution is 2.28. The number of nitriles is 1. The monoisotopic (exact) mass is 321 g/mol. The highest BCUT2D eigenvalue weighted by atomic mass is 16.6. The maximum Gasteiger partial charge on any atom is 0.409 e. The third kappa shape index (κ3) is 4.09. The fraction of sp³-hybridized carbons (Fsp3) is 0.0588. The Balaban J connectivity index is 2.56. The third-order valence-electron chi connectivity index (χ3n) is 3.04. The summed E-state index contributed by atoms with van der Waals surface area (Å²) in [5.41, 5.74) is 0.827. The van der Waals surface area contributed by atoms with Crippen LogP contribution in [-0.4, -0.2) is 16.1 Å². The van der Waals surface area contributed by atoms with E-state index < -0.39 is 16.7 Å². The molecule has 2 aromatic carbocycles. The van der Waals surface area contributed by atoms with Gasteiger partial charge in [-0.1, -0.05) is 30.0 Å². The second-order valence-electron chi connectivity index (χ2n) is 4.66. The molecule has 7 heteroatoms. The second-order valence-corrected chi connectivity index (χ2v) is 4.66. The van der Waals surface area contributed by atoms with Crippen LogP contribution in [0.1, 0.15) is 16.7 Å². The first kappa shape index (κ1) is 16.5. The van der Waals surface area contributed by atoms with Gasteiger partial charge in [0.15, 0.2) is 0 Å². The number of carboxylic acid groups (broad SMARTS) is 1. The molecule has 0 heterocycles. The number of rotatable bonds is 3. The molecular weight excluding hydrogens is 310 g/mol. The summed E-state index contributed by atoms with van der Waals surface area (Å²) in [5, 5.41) is 30.8. The van der Waals surface area contributed by atoms with E-state index in [-0.39, 0.29) is 12.1 Å². The number of nitrogens with one attached hydrogen (secondary N) is 1. The number of nitrogens with zero attached hydrogens (tertiary/aromatic N) is 2. The Morgan fingerprint density at radius 2 is 1.96 bits per heavy atom. The Morgan fingerprint density at radius 3 is 2.54 bits per heavy atom. The number of nitro groups is 1. The number of amides is 1. The van der Waals surface area contributed by atoms with E-state index in [1.54, 1.807) is 12.1 Å². The lowest BCUT2D eigenvalue weighted by molar-refractivity contribution is -0.384. The first-order valence-electron chi connectivity index (χ1n) is 6.76. The number of hydrogen-bond acceptors (Lipinski definition) is 4. The summed E-state index contributed by atoms with van der Waals surface area (Å²) in [7, 11) is 0. The van der Waals surface area contributed by atoms with Crippen LogP contribution in [0.5, 0.6) is 0 Å². The standard InChI is InChI=1S/C17H11N3O4/c18-9-8-14-10-15(19-17(21)22)16(20(23)24)11-13(14)7-6-12-4-2-1-3-5-12/h1-5,10-11,19H,8H2,(H,21,22). The Morgan fingerprint density at radius 1 is 1.25 bits per heavy atom. The number of hydrogen-bond donors (Lipinski definition) is 2. The van der Waals surface area contributed by atoms with Gasteiger partial charge < -0.3 is 5.11 Å². The van der Waals surface area contributed by atoms with Crippen LogP contribution < -0.4 is 5.32 Å². The van der Waals surface area contributed by atoms with Gasteiger partial charge in [0.05, 0.1) is 17.4 Å². The molecule has 0 aromatic heterocycles. The predicted octanol–water partition coefficient (Wildman–Crippen LogP) is 3.15. The van der Waals surface area contributed by atoms with Crippen molar-refractivity contribution in [3.8, 4) is 17.9 Å². The Bertz CT molecular complexity index is 890. The molecule has 0 aliphatic rings. The lowest BCUT2D eigenvalue weighted by atomic mass is 10.0. The van der Waals surface area contributed by atoms with E-state index in [2.05, 4.69) is 11.8 Å². The van der Waals surface area contributed by atoms with E-state index in [9.17, 15) is 14.9 Å². The van der Waals surface area contributed by atoms with E-state index >= 15 is 0 Å². The molecule has 0 unspecified atom stereocenters. The Labute approximate surface area is 137 Å². The zero-order valence-electron chi connectivity index (χ0n) is 12.3. The van der Waals surface area contributed by atoms with Gasteiger partial charge in [-0.25, -0.2) is 4.79 Å². The fourth-order valence-corrected chi connectivity index (χ4v) is 2.01. The zero-order valence-corrected chi connectivity index (χ0v) is 12.3. The lowest BCUT2D eigenvalue weighted by Crippen LogP contribution is -2.10. The molecule has 2 N–H and O–H groups in total. The lowest BCUT2D eigenvalue weighted by Gasteiger charge is -2.07. The topological polar surface area (TPSA) is 116 Å². The summed E-state index contributed by atoms with van der Waals surface area (Å²) in [6.45, 7) is 0. The molecule has 0 aliphatic carbocycles. The maximum atomic E-state index is 11.2. The van der Waals surface area contributed by atoms with Gasteiger partial charge in [-0.3, -0.25) is 15.4 Å². The van der Waals surface area contributed by atoms with Crippen LogP contribution in [0.25, 0.3) is 0 Å².